The predicted molar refractivity (Wildman–Crippen MR) is 109 cm³/mol. The number of methoxy groups -OCH3 is 1. The van der Waals surface area contributed by atoms with Gasteiger partial charge in [0.1, 0.15) is 15.6 Å². The molecule has 2 aromatic carbocycles. The number of rotatable bonds is 7. The van der Waals surface area contributed by atoms with Crippen molar-refractivity contribution in [3.63, 3.8) is 0 Å². The second-order valence-corrected chi connectivity index (χ2v) is 9.55. The number of para-hydroxylation sites is 1. The number of aromatic nitrogens is 3. The molecule has 0 radical (unpaired) electrons. The highest BCUT2D eigenvalue weighted by molar-refractivity contribution is 8.00. The molecule has 9 heteroatoms. The van der Waals surface area contributed by atoms with Gasteiger partial charge in [-0.15, -0.1) is 10.2 Å². The van der Waals surface area contributed by atoms with E-state index >= 15 is 0 Å². The lowest BCUT2D eigenvalue weighted by Crippen LogP contribution is -2.06. The average Bonchev–Trinajstić information content (AvgIpc) is 3.05. The zero-order chi connectivity index (χ0) is 19.4. The largest absolute Gasteiger partial charge is 0.496 e. The van der Waals surface area contributed by atoms with Crippen molar-refractivity contribution in [3.05, 3.63) is 53.6 Å². The SMILES string of the molecule is COc1ccccc1-c1nnc(SCCS(C)(=O)=O)n1-c1ccc(Cl)cc1. The zero-order valence-corrected chi connectivity index (χ0v) is 17.2. The van der Waals surface area contributed by atoms with Gasteiger partial charge in [0, 0.05) is 22.7 Å². The van der Waals surface area contributed by atoms with Crippen LogP contribution < -0.4 is 4.74 Å². The van der Waals surface area contributed by atoms with Crippen molar-refractivity contribution in [2.24, 2.45) is 0 Å². The molecule has 0 spiro atoms. The van der Waals surface area contributed by atoms with Gasteiger partial charge in [0.15, 0.2) is 11.0 Å². The standard InChI is InChI=1S/C18H18ClN3O3S2/c1-25-16-6-4-3-5-15(16)17-20-21-18(26-11-12-27(2,23)24)22(17)14-9-7-13(19)8-10-14/h3-10H,11-12H2,1-2H3. The molecule has 0 N–H and O–H groups in total. The molecule has 0 fully saturated rings. The number of thioether (sulfide) groups is 1. The molecule has 3 aromatic rings. The summed E-state index contributed by atoms with van der Waals surface area (Å²) in [6.45, 7) is 0. The summed E-state index contributed by atoms with van der Waals surface area (Å²) in [6, 6.07) is 14.8. The molecule has 1 heterocycles. The number of ether oxygens (including phenoxy) is 1. The Hall–Kier alpha value is -2.03. The monoisotopic (exact) mass is 423 g/mol. The van der Waals surface area contributed by atoms with Crippen molar-refractivity contribution < 1.29 is 13.2 Å². The maximum atomic E-state index is 11.4. The van der Waals surface area contributed by atoms with Crippen molar-refractivity contribution in [3.8, 4) is 22.8 Å². The molecule has 0 aliphatic rings. The molecule has 0 aliphatic carbocycles. The molecule has 0 aliphatic heterocycles. The number of hydrogen-bond donors (Lipinski definition) is 0. The van der Waals surface area contributed by atoms with E-state index in [0.717, 1.165) is 11.3 Å². The third kappa shape index (κ3) is 4.82. The summed E-state index contributed by atoms with van der Waals surface area (Å²) in [5.41, 5.74) is 1.62. The number of halogens is 1. The minimum Gasteiger partial charge on any atom is -0.496 e. The summed E-state index contributed by atoms with van der Waals surface area (Å²) in [4.78, 5) is 0. The van der Waals surface area contributed by atoms with Crippen LogP contribution in [0.4, 0.5) is 0 Å². The van der Waals surface area contributed by atoms with Gasteiger partial charge in [-0.05, 0) is 36.4 Å². The first kappa shape index (κ1) is 19.7. The number of nitrogens with zero attached hydrogens (tertiary/aromatic N) is 3. The third-order valence-corrected chi connectivity index (χ3v) is 6.14. The van der Waals surface area contributed by atoms with Crippen LogP contribution in [0.15, 0.2) is 53.7 Å². The highest BCUT2D eigenvalue weighted by Crippen LogP contribution is 2.33. The summed E-state index contributed by atoms with van der Waals surface area (Å²) in [5.74, 6) is 1.73. The van der Waals surface area contributed by atoms with E-state index in [-0.39, 0.29) is 5.75 Å². The Bertz CT molecular complexity index is 1030. The minimum atomic E-state index is -3.05. The van der Waals surface area contributed by atoms with Crippen molar-refractivity contribution in [2.75, 3.05) is 24.9 Å². The van der Waals surface area contributed by atoms with Crippen molar-refractivity contribution >= 4 is 33.2 Å². The van der Waals surface area contributed by atoms with E-state index in [0.29, 0.717) is 27.5 Å². The number of hydrogen-bond acceptors (Lipinski definition) is 6. The van der Waals surface area contributed by atoms with Gasteiger partial charge in [-0.2, -0.15) is 0 Å². The fourth-order valence-electron chi connectivity index (χ4n) is 2.47. The van der Waals surface area contributed by atoms with Crippen LogP contribution in [0.25, 0.3) is 17.1 Å². The van der Waals surface area contributed by atoms with Gasteiger partial charge >= 0.3 is 0 Å². The van der Waals surface area contributed by atoms with Gasteiger partial charge in [0.25, 0.3) is 0 Å². The first-order valence-electron chi connectivity index (χ1n) is 8.04. The van der Waals surface area contributed by atoms with E-state index in [1.54, 1.807) is 19.2 Å². The van der Waals surface area contributed by atoms with Gasteiger partial charge in [0.05, 0.1) is 18.4 Å². The Morgan fingerprint density at radius 1 is 1.11 bits per heavy atom. The zero-order valence-electron chi connectivity index (χ0n) is 14.8. The Labute approximate surface area is 167 Å². The quantitative estimate of drug-likeness (QED) is 0.539. The molecular weight excluding hydrogens is 406 g/mol. The highest BCUT2D eigenvalue weighted by Gasteiger charge is 2.19. The van der Waals surface area contributed by atoms with Crippen LogP contribution in [0.3, 0.4) is 0 Å². The predicted octanol–water partition coefficient (Wildman–Crippen LogP) is 3.73. The van der Waals surface area contributed by atoms with E-state index < -0.39 is 9.84 Å². The summed E-state index contributed by atoms with van der Waals surface area (Å²) in [5, 5.41) is 9.84. The summed E-state index contributed by atoms with van der Waals surface area (Å²) < 4.78 is 30.2. The van der Waals surface area contributed by atoms with E-state index in [9.17, 15) is 8.42 Å². The topological polar surface area (TPSA) is 74.1 Å². The van der Waals surface area contributed by atoms with Crippen molar-refractivity contribution in [1.82, 2.24) is 14.8 Å². The van der Waals surface area contributed by atoms with E-state index in [1.807, 2.05) is 41.0 Å². The Morgan fingerprint density at radius 2 is 1.81 bits per heavy atom. The smallest absolute Gasteiger partial charge is 0.196 e. The van der Waals surface area contributed by atoms with Crippen LogP contribution in [0, 0.1) is 0 Å². The lowest BCUT2D eigenvalue weighted by molar-refractivity contribution is 0.416. The summed E-state index contributed by atoms with van der Waals surface area (Å²) >= 11 is 7.36. The van der Waals surface area contributed by atoms with E-state index in [4.69, 9.17) is 16.3 Å². The second-order valence-electron chi connectivity index (χ2n) is 5.80. The Morgan fingerprint density at radius 3 is 2.48 bits per heavy atom. The van der Waals surface area contributed by atoms with Gasteiger partial charge in [-0.1, -0.05) is 35.5 Å². The number of sulfone groups is 1. The van der Waals surface area contributed by atoms with E-state index in [2.05, 4.69) is 10.2 Å². The number of benzene rings is 2. The molecule has 27 heavy (non-hydrogen) atoms. The van der Waals surface area contributed by atoms with Crippen molar-refractivity contribution in [2.45, 2.75) is 5.16 Å². The van der Waals surface area contributed by atoms with Gasteiger partial charge in [-0.3, -0.25) is 4.57 Å². The van der Waals surface area contributed by atoms with Gasteiger partial charge < -0.3 is 4.74 Å². The highest BCUT2D eigenvalue weighted by atomic mass is 35.5. The minimum absolute atomic E-state index is 0.0646. The molecule has 0 amide bonds. The van der Waals surface area contributed by atoms with Crippen LogP contribution >= 0.6 is 23.4 Å². The molecular formula is C18H18ClN3O3S2. The molecule has 6 nitrogen and oxygen atoms in total. The van der Waals surface area contributed by atoms with Gasteiger partial charge in [-0.25, -0.2) is 8.42 Å². The molecule has 142 valence electrons. The Kier molecular flexibility index (Phi) is 6.08. The molecule has 3 rings (SSSR count). The lowest BCUT2D eigenvalue weighted by Gasteiger charge is -2.12. The van der Waals surface area contributed by atoms with Crippen LogP contribution in [-0.2, 0) is 9.84 Å². The average molecular weight is 424 g/mol. The maximum absolute atomic E-state index is 11.4. The Balaban J connectivity index is 2.07. The van der Waals surface area contributed by atoms with Crippen LogP contribution in [-0.4, -0.2) is 48.1 Å². The summed E-state index contributed by atoms with van der Waals surface area (Å²) in [7, 11) is -1.45. The molecule has 0 saturated carbocycles. The fraction of sp³-hybridized carbons (Fsp3) is 0.222. The van der Waals surface area contributed by atoms with Crippen molar-refractivity contribution in [1.29, 1.82) is 0 Å². The first-order chi connectivity index (χ1) is 12.9. The summed E-state index contributed by atoms with van der Waals surface area (Å²) in [6.07, 6.45) is 1.22. The second kappa shape index (κ2) is 8.33. The van der Waals surface area contributed by atoms with Crippen LogP contribution in [0.2, 0.25) is 5.02 Å². The molecule has 0 unspecified atom stereocenters. The molecule has 0 bridgehead atoms. The maximum Gasteiger partial charge on any atom is 0.196 e. The fourth-order valence-corrected chi connectivity index (χ4v) is 4.75. The van der Waals surface area contributed by atoms with Crippen LogP contribution in [0.1, 0.15) is 0 Å². The molecule has 0 atom stereocenters. The van der Waals surface area contributed by atoms with E-state index in [1.165, 1.54) is 18.0 Å². The lowest BCUT2D eigenvalue weighted by atomic mass is 10.2. The molecule has 0 saturated heterocycles. The van der Waals surface area contributed by atoms with Gasteiger partial charge in [0.2, 0.25) is 0 Å². The van der Waals surface area contributed by atoms with Crippen LogP contribution in [0.5, 0.6) is 5.75 Å². The normalized spacial score (nSPS) is 11.5. The first-order valence-corrected chi connectivity index (χ1v) is 11.5. The molecule has 1 aromatic heterocycles. The third-order valence-electron chi connectivity index (χ3n) is 3.75.